The van der Waals surface area contributed by atoms with Crippen LogP contribution in [0.15, 0.2) is 24.4 Å². The van der Waals surface area contributed by atoms with Gasteiger partial charge >= 0.3 is 0 Å². The lowest BCUT2D eigenvalue weighted by molar-refractivity contribution is -0.136. The highest BCUT2D eigenvalue weighted by atomic mass is 16.2. The molecule has 2 saturated heterocycles. The first-order chi connectivity index (χ1) is 14.1. The average Bonchev–Trinajstić information content (AvgIpc) is 3.34. The van der Waals surface area contributed by atoms with E-state index in [0.717, 1.165) is 29.9 Å². The lowest BCUT2D eigenvalue weighted by atomic mass is 10.0. The maximum atomic E-state index is 13.0. The van der Waals surface area contributed by atoms with E-state index in [1.165, 1.54) is 12.8 Å². The van der Waals surface area contributed by atoms with E-state index in [1.807, 2.05) is 18.3 Å². The topological polar surface area (TPSA) is 109 Å². The molecule has 0 spiro atoms. The van der Waals surface area contributed by atoms with E-state index in [1.54, 1.807) is 15.6 Å². The first kappa shape index (κ1) is 18.0. The number of fused-ring (bicyclic) bond motifs is 1. The maximum Gasteiger partial charge on any atom is 0.255 e. The number of piperidine rings is 2. The Morgan fingerprint density at radius 1 is 1.10 bits per heavy atom. The van der Waals surface area contributed by atoms with Crippen LogP contribution in [0.5, 0.6) is 0 Å². The van der Waals surface area contributed by atoms with E-state index in [9.17, 15) is 14.4 Å². The van der Waals surface area contributed by atoms with E-state index >= 15 is 0 Å². The fourth-order valence-electron chi connectivity index (χ4n) is 4.44. The number of amides is 3. The van der Waals surface area contributed by atoms with Crippen LogP contribution in [0.2, 0.25) is 0 Å². The van der Waals surface area contributed by atoms with Crippen LogP contribution < -0.4 is 10.6 Å². The number of rotatable bonds is 3. The van der Waals surface area contributed by atoms with Crippen molar-refractivity contribution >= 4 is 17.7 Å². The van der Waals surface area contributed by atoms with Crippen LogP contribution in [0.1, 0.15) is 59.8 Å². The van der Waals surface area contributed by atoms with Gasteiger partial charge < -0.3 is 10.2 Å². The van der Waals surface area contributed by atoms with Gasteiger partial charge in [-0.3, -0.25) is 19.7 Å². The minimum absolute atomic E-state index is 0.189. The predicted molar refractivity (Wildman–Crippen MR) is 102 cm³/mol. The number of nitrogens with zero attached hydrogens (tertiary/aromatic N) is 4. The number of carbonyl (C=O) groups is 3. The van der Waals surface area contributed by atoms with E-state index in [-0.39, 0.29) is 24.3 Å². The Morgan fingerprint density at radius 3 is 2.79 bits per heavy atom. The highest BCUT2D eigenvalue weighted by Gasteiger charge is 2.40. The van der Waals surface area contributed by atoms with Gasteiger partial charge in [0.05, 0.1) is 17.9 Å². The smallest absolute Gasteiger partial charge is 0.255 e. The lowest BCUT2D eigenvalue weighted by Crippen LogP contribution is -2.52. The molecule has 9 nitrogen and oxygen atoms in total. The largest absolute Gasteiger partial charge is 0.322 e. The summed E-state index contributed by atoms with van der Waals surface area (Å²) in [6.45, 7) is 1.29. The minimum Gasteiger partial charge on any atom is -0.322 e. The van der Waals surface area contributed by atoms with Gasteiger partial charge in [0, 0.05) is 24.1 Å². The molecule has 0 saturated carbocycles. The molecule has 3 aliphatic rings. The third kappa shape index (κ3) is 3.11. The zero-order valence-electron chi connectivity index (χ0n) is 15.9. The van der Waals surface area contributed by atoms with Gasteiger partial charge in [-0.2, -0.15) is 0 Å². The van der Waals surface area contributed by atoms with Gasteiger partial charge in [0.15, 0.2) is 0 Å². The van der Waals surface area contributed by atoms with E-state index in [2.05, 4.69) is 20.9 Å². The predicted octanol–water partition coefficient (Wildman–Crippen LogP) is 0.843. The van der Waals surface area contributed by atoms with E-state index in [4.69, 9.17) is 0 Å². The number of imide groups is 1. The Hall–Kier alpha value is -3.07. The molecule has 0 bridgehead atoms. The molecule has 4 heterocycles. The fraction of sp³-hybridized carbons (Fsp3) is 0.450. The van der Waals surface area contributed by atoms with Crippen molar-refractivity contribution in [1.29, 1.82) is 0 Å². The van der Waals surface area contributed by atoms with Crippen molar-refractivity contribution in [1.82, 2.24) is 30.5 Å². The second kappa shape index (κ2) is 7.07. The maximum absolute atomic E-state index is 13.0. The summed E-state index contributed by atoms with van der Waals surface area (Å²) < 4.78 is 1.71. The van der Waals surface area contributed by atoms with Gasteiger partial charge in [0.25, 0.3) is 5.91 Å². The van der Waals surface area contributed by atoms with Crippen LogP contribution in [-0.4, -0.2) is 50.2 Å². The second-order valence-electron chi connectivity index (χ2n) is 7.79. The van der Waals surface area contributed by atoms with Gasteiger partial charge in [-0.15, -0.1) is 5.10 Å². The SMILES string of the molecule is O=C1CCC(N2Cc3c(cccc3-n3cc([C@@H]4CCCCN4)nn3)C2=O)C(=O)N1. The molecule has 2 atom stereocenters. The molecule has 1 aromatic carbocycles. The molecule has 150 valence electrons. The molecule has 1 unspecified atom stereocenters. The Morgan fingerprint density at radius 2 is 2.00 bits per heavy atom. The van der Waals surface area contributed by atoms with Crippen molar-refractivity contribution in [3.05, 3.63) is 41.2 Å². The molecule has 2 aromatic rings. The Balaban J connectivity index is 1.43. The van der Waals surface area contributed by atoms with Crippen molar-refractivity contribution in [2.75, 3.05) is 6.54 Å². The standard InChI is InChI=1S/C20H22N6O3/c27-18-8-7-17(19(28)22-18)25-10-13-12(20(25)29)4-3-6-16(13)26-11-15(23-24-26)14-5-1-2-9-21-14/h3-4,6,11,14,17,21H,1-2,5,7-10H2,(H,22,27,28)/t14-,17?/m0/s1. The van der Waals surface area contributed by atoms with Gasteiger partial charge in [0.2, 0.25) is 11.8 Å². The summed E-state index contributed by atoms with van der Waals surface area (Å²) in [5.74, 6) is -0.886. The molecule has 9 heteroatoms. The molecule has 5 rings (SSSR count). The first-order valence-electron chi connectivity index (χ1n) is 10.0. The number of hydrogen-bond acceptors (Lipinski definition) is 6. The van der Waals surface area contributed by atoms with Crippen molar-refractivity contribution < 1.29 is 14.4 Å². The summed E-state index contributed by atoms with van der Waals surface area (Å²) in [5.41, 5.74) is 3.09. The third-order valence-electron chi connectivity index (χ3n) is 5.98. The molecule has 0 aliphatic carbocycles. The van der Waals surface area contributed by atoms with Crippen LogP contribution in [0.25, 0.3) is 5.69 Å². The summed E-state index contributed by atoms with van der Waals surface area (Å²) in [6, 6.07) is 5.08. The number of carbonyl (C=O) groups excluding carboxylic acids is 3. The number of hydrogen-bond donors (Lipinski definition) is 2. The second-order valence-corrected chi connectivity index (χ2v) is 7.79. The summed E-state index contributed by atoms with van der Waals surface area (Å²) in [7, 11) is 0. The van der Waals surface area contributed by atoms with Crippen molar-refractivity contribution in [2.45, 2.75) is 50.7 Å². The Kier molecular flexibility index (Phi) is 4.39. The zero-order chi connectivity index (χ0) is 20.0. The number of benzene rings is 1. The monoisotopic (exact) mass is 394 g/mol. The quantitative estimate of drug-likeness (QED) is 0.747. The van der Waals surface area contributed by atoms with Gasteiger partial charge in [-0.05, 0) is 37.9 Å². The molecular weight excluding hydrogens is 372 g/mol. The van der Waals surface area contributed by atoms with Gasteiger partial charge in [0.1, 0.15) is 11.7 Å². The summed E-state index contributed by atoms with van der Waals surface area (Å²) in [5, 5.41) is 14.4. The lowest BCUT2D eigenvalue weighted by Gasteiger charge is -2.29. The Bertz CT molecular complexity index is 994. The summed E-state index contributed by atoms with van der Waals surface area (Å²) in [4.78, 5) is 38.2. The molecule has 2 fully saturated rings. The highest BCUT2D eigenvalue weighted by molar-refractivity contribution is 6.05. The van der Waals surface area contributed by atoms with Gasteiger partial charge in [-0.25, -0.2) is 4.68 Å². The average molecular weight is 394 g/mol. The third-order valence-corrected chi connectivity index (χ3v) is 5.98. The van der Waals surface area contributed by atoms with Crippen LogP contribution in [0, 0.1) is 0 Å². The summed E-state index contributed by atoms with van der Waals surface area (Å²) in [6.07, 6.45) is 5.88. The Labute approximate surface area is 167 Å². The van der Waals surface area contributed by atoms with Crippen LogP contribution >= 0.6 is 0 Å². The molecule has 3 amide bonds. The molecular formula is C20H22N6O3. The molecule has 2 N–H and O–H groups in total. The van der Waals surface area contributed by atoms with Crippen LogP contribution in [0.3, 0.4) is 0 Å². The van der Waals surface area contributed by atoms with E-state index < -0.39 is 11.9 Å². The normalized spacial score (nSPS) is 24.6. The molecule has 0 radical (unpaired) electrons. The van der Waals surface area contributed by atoms with Crippen LogP contribution in [0.4, 0.5) is 0 Å². The van der Waals surface area contributed by atoms with Crippen molar-refractivity contribution in [3.8, 4) is 5.69 Å². The molecule has 1 aromatic heterocycles. The fourth-order valence-corrected chi connectivity index (χ4v) is 4.44. The number of aromatic nitrogens is 3. The molecule has 3 aliphatic heterocycles. The van der Waals surface area contributed by atoms with E-state index in [0.29, 0.717) is 18.5 Å². The minimum atomic E-state index is -0.627. The van der Waals surface area contributed by atoms with Crippen molar-refractivity contribution in [3.63, 3.8) is 0 Å². The first-order valence-corrected chi connectivity index (χ1v) is 10.0. The van der Waals surface area contributed by atoms with Crippen LogP contribution in [-0.2, 0) is 16.1 Å². The molecule has 29 heavy (non-hydrogen) atoms. The van der Waals surface area contributed by atoms with Gasteiger partial charge in [-0.1, -0.05) is 17.7 Å². The highest BCUT2D eigenvalue weighted by Crippen LogP contribution is 2.31. The number of nitrogens with one attached hydrogen (secondary N) is 2. The summed E-state index contributed by atoms with van der Waals surface area (Å²) >= 11 is 0. The van der Waals surface area contributed by atoms with Crippen molar-refractivity contribution in [2.24, 2.45) is 0 Å². The zero-order valence-corrected chi connectivity index (χ0v) is 15.9.